The summed E-state index contributed by atoms with van der Waals surface area (Å²) in [7, 11) is 1.69. The maximum absolute atomic E-state index is 6.48. The van der Waals surface area contributed by atoms with E-state index in [1.54, 1.807) is 7.11 Å². The monoisotopic (exact) mass is 372 g/mol. The van der Waals surface area contributed by atoms with Crippen molar-refractivity contribution in [1.82, 2.24) is 0 Å². The minimum absolute atomic E-state index is 0.0315. The summed E-state index contributed by atoms with van der Waals surface area (Å²) in [6.07, 6.45) is 0.770. The molecule has 3 heteroatoms. The van der Waals surface area contributed by atoms with Crippen LogP contribution in [0.25, 0.3) is 0 Å². The average molecular weight is 373 g/mol. The molecule has 2 aromatic rings. The summed E-state index contributed by atoms with van der Waals surface area (Å²) in [5.41, 5.74) is 2.29. The molecule has 0 N–H and O–H groups in total. The molecule has 0 aliphatic rings. The first-order chi connectivity index (χ1) is 8.70. The lowest BCUT2D eigenvalue weighted by Gasteiger charge is -2.13. The molecule has 0 heterocycles. The van der Waals surface area contributed by atoms with Crippen LogP contribution in [0.5, 0.6) is 5.75 Å². The van der Waals surface area contributed by atoms with Crippen LogP contribution in [-0.2, 0) is 6.42 Å². The van der Waals surface area contributed by atoms with E-state index in [4.69, 9.17) is 16.3 Å². The zero-order valence-corrected chi connectivity index (χ0v) is 13.0. The lowest BCUT2D eigenvalue weighted by molar-refractivity contribution is 0.409. The van der Waals surface area contributed by atoms with Gasteiger partial charge in [0.05, 0.1) is 12.5 Å². The van der Waals surface area contributed by atoms with Crippen molar-refractivity contribution in [2.75, 3.05) is 7.11 Å². The predicted molar refractivity (Wildman–Crippen MR) is 84.5 cm³/mol. The molecule has 0 saturated heterocycles. The van der Waals surface area contributed by atoms with Gasteiger partial charge in [-0.2, -0.15) is 0 Å². The van der Waals surface area contributed by atoms with E-state index >= 15 is 0 Å². The number of halogens is 2. The van der Waals surface area contributed by atoms with E-state index in [2.05, 4.69) is 46.9 Å². The molecule has 0 fully saturated rings. The third kappa shape index (κ3) is 3.39. The Bertz CT molecular complexity index is 527. The van der Waals surface area contributed by atoms with Gasteiger partial charge in [-0.15, -0.1) is 11.6 Å². The van der Waals surface area contributed by atoms with Gasteiger partial charge < -0.3 is 4.74 Å². The van der Waals surface area contributed by atoms with Crippen LogP contribution in [0.1, 0.15) is 16.5 Å². The van der Waals surface area contributed by atoms with Crippen LogP contribution in [0, 0.1) is 3.57 Å². The second-order valence-electron chi connectivity index (χ2n) is 4.04. The molecule has 0 aliphatic heterocycles. The molecule has 94 valence electrons. The van der Waals surface area contributed by atoms with Crippen LogP contribution >= 0.6 is 34.2 Å². The first-order valence-electron chi connectivity index (χ1n) is 5.72. The summed E-state index contributed by atoms with van der Waals surface area (Å²) < 4.78 is 6.55. The van der Waals surface area contributed by atoms with Crippen molar-refractivity contribution < 1.29 is 4.74 Å². The SMILES string of the molecule is COc1ccccc1CC(Cl)c1cccc(I)c1. The van der Waals surface area contributed by atoms with Gasteiger partial charge in [0.15, 0.2) is 0 Å². The van der Waals surface area contributed by atoms with Crippen molar-refractivity contribution in [3.63, 3.8) is 0 Å². The molecule has 1 nitrogen and oxygen atoms in total. The fraction of sp³-hybridized carbons (Fsp3) is 0.200. The Morgan fingerprint density at radius 2 is 1.94 bits per heavy atom. The van der Waals surface area contributed by atoms with E-state index in [0.717, 1.165) is 23.3 Å². The van der Waals surface area contributed by atoms with Crippen LogP contribution in [0.2, 0.25) is 0 Å². The molecule has 0 spiro atoms. The van der Waals surface area contributed by atoms with E-state index in [9.17, 15) is 0 Å². The molecule has 1 unspecified atom stereocenters. The van der Waals surface area contributed by atoms with E-state index < -0.39 is 0 Å². The Balaban J connectivity index is 2.18. The molecule has 18 heavy (non-hydrogen) atoms. The van der Waals surface area contributed by atoms with E-state index in [-0.39, 0.29) is 5.38 Å². The molecular formula is C15H14ClIO. The van der Waals surface area contributed by atoms with Crippen LogP contribution < -0.4 is 4.74 Å². The first-order valence-corrected chi connectivity index (χ1v) is 7.23. The molecule has 0 amide bonds. The third-order valence-corrected chi connectivity index (χ3v) is 3.88. The third-order valence-electron chi connectivity index (χ3n) is 2.80. The van der Waals surface area contributed by atoms with Gasteiger partial charge in [0.2, 0.25) is 0 Å². The Kier molecular flexibility index (Phi) is 4.89. The Morgan fingerprint density at radius 1 is 1.17 bits per heavy atom. The number of hydrogen-bond donors (Lipinski definition) is 0. The smallest absolute Gasteiger partial charge is 0.122 e. The van der Waals surface area contributed by atoms with Crippen molar-refractivity contribution in [3.8, 4) is 5.75 Å². The summed E-state index contributed by atoms with van der Waals surface area (Å²) in [5, 5.41) is -0.0315. The molecule has 2 aromatic carbocycles. The van der Waals surface area contributed by atoms with E-state index in [1.165, 1.54) is 3.57 Å². The van der Waals surface area contributed by atoms with Gasteiger partial charge in [-0.3, -0.25) is 0 Å². The number of ether oxygens (including phenoxy) is 1. The molecule has 0 aromatic heterocycles. The van der Waals surface area contributed by atoms with Gasteiger partial charge in [0.25, 0.3) is 0 Å². The highest BCUT2D eigenvalue weighted by molar-refractivity contribution is 14.1. The summed E-state index contributed by atoms with van der Waals surface area (Å²) in [6.45, 7) is 0. The quantitative estimate of drug-likeness (QED) is 0.552. The zero-order chi connectivity index (χ0) is 13.0. The van der Waals surface area contributed by atoms with E-state index in [0.29, 0.717) is 0 Å². The highest BCUT2D eigenvalue weighted by Crippen LogP contribution is 2.29. The van der Waals surface area contributed by atoms with Gasteiger partial charge in [-0.25, -0.2) is 0 Å². The predicted octanol–water partition coefficient (Wildman–Crippen LogP) is 4.82. The topological polar surface area (TPSA) is 9.23 Å². The second-order valence-corrected chi connectivity index (χ2v) is 5.81. The fourth-order valence-electron chi connectivity index (χ4n) is 1.88. The van der Waals surface area contributed by atoms with Crippen LogP contribution in [0.4, 0.5) is 0 Å². The van der Waals surface area contributed by atoms with Gasteiger partial charge in [-0.05, 0) is 58.3 Å². The maximum atomic E-state index is 6.48. The van der Waals surface area contributed by atoms with Gasteiger partial charge in [0, 0.05) is 3.57 Å². The number of alkyl halides is 1. The number of para-hydroxylation sites is 1. The Labute approximate surface area is 126 Å². The molecule has 0 saturated carbocycles. The van der Waals surface area contributed by atoms with Crippen LogP contribution in [0.15, 0.2) is 48.5 Å². The number of rotatable bonds is 4. The molecule has 0 aliphatic carbocycles. The highest BCUT2D eigenvalue weighted by Gasteiger charge is 2.12. The lowest BCUT2D eigenvalue weighted by Crippen LogP contribution is -1.98. The molecule has 2 rings (SSSR count). The lowest BCUT2D eigenvalue weighted by atomic mass is 10.0. The Hall–Kier alpha value is -0.740. The van der Waals surface area contributed by atoms with Crippen molar-refractivity contribution in [2.24, 2.45) is 0 Å². The maximum Gasteiger partial charge on any atom is 0.122 e. The first kappa shape index (κ1) is 13.7. The standard InChI is InChI=1S/C15H14ClIO/c1-18-15-8-3-2-5-12(15)10-14(16)11-6-4-7-13(17)9-11/h2-9,14H,10H2,1H3. The van der Waals surface area contributed by atoms with E-state index in [1.807, 2.05) is 24.3 Å². The van der Waals surface area contributed by atoms with Crippen molar-refractivity contribution in [2.45, 2.75) is 11.8 Å². The summed E-state index contributed by atoms with van der Waals surface area (Å²) in [4.78, 5) is 0. The van der Waals surface area contributed by atoms with Crippen molar-refractivity contribution in [1.29, 1.82) is 0 Å². The number of methoxy groups -OCH3 is 1. The van der Waals surface area contributed by atoms with Crippen molar-refractivity contribution in [3.05, 3.63) is 63.2 Å². The average Bonchev–Trinajstić information content (AvgIpc) is 2.39. The molecule has 0 radical (unpaired) electrons. The van der Waals surface area contributed by atoms with Crippen LogP contribution in [0.3, 0.4) is 0 Å². The fourth-order valence-corrected chi connectivity index (χ4v) is 2.75. The van der Waals surface area contributed by atoms with Gasteiger partial charge in [0.1, 0.15) is 5.75 Å². The second kappa shape index (κ2) is 6.43. The molecule has 1 atom stereocenters. The number of benzene rings is 2. The summed E-state index contributed by atoms with van der Waals surface area (Å²) in [6, 6.07) is 16.3. The minimum Gasteiger partial charge on any atom is -0.496 e. The Morgan fingerprint density at radius 3 is 2.67 bits per heavy atom. The summed E-state index contributed by atoms with van der Waals surface area (Å²) in [5.74, 6) is 0.897. The van der Waals surface area contributed by atoms with Gasteiger partial charge in [-0.1, -0.05) is 30.3 Å². The molecular weight excluding hydrogens is 359 g/mol. The summed E-state index contributed by atoms with van der Waals surface area (Å²) >= 11 is 8.78. The van der Waals surface area contributed by atoms with Crippen LogP contribution in [-0.4, -0.2) is 7.11 Å². The molecule has 0 bridgehead atoms. The van der Waals surface area contributed by atoms with Gasteiger partial charge >= 0.3 is 0 Å². The van der Waals surface area contributed by atoms with Crippen molar-refractivity contribution >= 4 is 34.2 Å². The number of hydrogen-bond acceptors (Lipinski definition) is 1. The largest absolute Gasteiger partial charge is 0.496 e. The zero-order valence-electron chi connectivity index (χ0n) is 10.1. The highest BCUT2D eigenvalue weighted by atomic mass is 127. The minimum atomic E-state index is -0.0315. The normalized spacial score (nSPS) is 12.2.